The minimum absolute atomic E-state index is 0.126. The van der Waals surface area contributed by atoms with Crippen LogP contribution in [0.2, 0.25) is 5.02 Å². The number of ether oxygens (including phenoxy) is 3. The van der Waals surface area contributed by atoms with Crippen molar-refractivity contribution in [2.75, 3.05) is 27.0 Å². The topological polar surface area (TPSA) is 154 Å². The van der Waals surface area contributed by atoms with E-state index in [0.717, 1.165) is 29.1 Å². The molecule has 4 heterocycles. The van der Waals surface area contributed by atoms with Crippen LogP contribution in [0.5, 0.6) is 0 Å². The molecule has 0 spiro atoms. The summed E-state index contributed by atoms with van der Waals surface area (Å²) in [6.45, 7) is 6.62. The number of aromatic amines is 1. The Bertz CT molecular complexity index is 1490. The Hall–Kier alpha value is -3.26. The molecule has 0 bridgehead atoms. The van der Waals surface area contributed by atoms with Gasteiger partial charge in [-0.3, -0.25) is 0 Å². The third kappa shape index (κ3) is 6.38. The number of amides is 1. The van der Waals surface area contributed by atoms with Crippen molar-refractivity contribution in [3.63, 3.8) is 0 Å². The molecule has 3 aromatic heterocycles. The van der Waals surface area contributed by atoms with Crippen molar-refractivity contribution >= 4 is 51.9 Å². The Labute approximate surface area is 252 Å². The number of rotatable bonds is 8. The van der Waals surface area contributed by atoms with Crippen molar-refractivity contribution in [3.8, 4) is 10.4 Å². The number of hydrogen-bond donors (Lipinski definition) is 2. The molecular weight excluding hydrogens is 584 g/mol. The van der Waals surface area contributed by atoms with E-state index in [1.807, 2.05) is 20.8 Å². The van der Waals surface area contributed by atoms with Crippen molar-refractivity contribution in [1.29, 1.82) is 0 Å². The normalized spacial score (nSPS) is 17.7. The molecule has 2 fully saturated rings. The number of carbonyl (C=O) groups excluding carboxylic acids is 2. The van der Waals surface area contributed by atoms with Gasteiger partial charge >= 0.3 is 12.1 Å². The van der Waals surface area contributed by atoms with Gasteiger partial charge in [0.05, 0.1) is 9.90 Å². The zero-order valence-corrected chi connectivity index (χ0v) is 25.6. The molecule has 14 heteroatoms. The third-order valence-corrected chi connectivity index (χ3v) is 8.87. The van der Waals surface area contributed by atoms with Gasteiger partial charge in [0.2, 0.25) is 0 Å². The van der Waals surface area contributed by atoms with E-state index in [4.69, 9.17) is 36.4 Å². The Morgan fingerprint density at radius 3 is 2.62 bits per heavy atom. The van der Waals surface area contributed by atoms with Gasteiger partial charge in [0, 0.05) is 49.5 Å². The Balaban J connectivity index is 1.27. The number of carbonyl (C=O) groups is 2. The molecule has 5 rings (SSSR count). The second kappa shape index (κ2) is 12.2. The Morgan fingerprint density at radius 1 is 1.24 bits per heavy atom. The number of nitrogens with two attached hydrogens (primary N) is 1. The van der Waals surface area contributed by atoms with Gasteiger partial charge < -0.3 is 34.7 Å². The molecule has 1 saturated carbocycles. The molecule has 0 radical (unpaired) electrons. The van der Waals surface area contributed by atoms with Crippen LogP contribution in [0.25, 0.3) is 21.5 Å². The van der Waals surface area contributed by atoms with E-state index >= 15 is 0 Å². The van der Waals surface area contributed by atoms with Crippen LogP contribution in [0, 0.1) is 5.92 Å². The highest BCUT2D eigenvalue weighted by atomic mass is 35.5. The van der Waals surface area contributed by atoms with Crippen LogP contribution in [-0.4, -0.2) is 70.3 Å². The molecule has 226 valence electrons. The zero-order valence-electron chi connectivity index (χ0n) is 24.1. The van der Waals surface area contributed by atoms with Crippen LogP contribution in [-0.2, 0) is 24.6 Å². The number of amidine groups is 1. The third-order valence-electron chi connectivity index (χ3n) is 7.39. The standard InChI is InChI=1S/C28H35ClN6O6S/c1-27(2,3)40-26(37)35-10-6-16(7-11-35)22(30)34-41-24(36)19-12-17-21(18(29)13-31-23(17)33-19)20-14-32-25(42-20)28(8-5-9-28)39-15-38-4/h12-14,16H,5-11,15H2,1-4H3,(H2,30,34)(H,31,33). The summed E-state index contributed by atoms with van der Waals surface area (Å²) in [5.74, 6) is -0.641. The number of H-pyrrole nitrogens is 1. The summed E-state index contributed by atoms with van der Waals surface area (Å²) in [5.41, 5.74) is 6.47. The van der Waals surface area contributed by atoms with E-state index in [0.29, 0.717) is 47.6 Å². The van der Waals surface area contributed by atoms with Gasteiger partial charge in [-0.05, 0) is 58.9 Å². The summed E-state index contributed by atoms with van der Waals surface area (Å²) < 4.78 is 16.6. The molecule has 42 heavy (non-hydrogen) atoms. The smallest absolute Gasteiger partial charge is 0.410 e. The zero-order chi connectivity index (χ0) is 30.1. The highest BCUT2D eigenvalue weighted by molar-refractivity contribution is 7.15. The number of thiazole rings is 1. The number of pyridine rings is 1. The highest BCUT2D eigenvalue weighted by Crippen LogP contribution is 2.48. The predicted octanol–water partition coefficient (Wildman–Crippen LogP) is 5.42. The first-order chi connectivity index (χ1) is 20.0. The van der Waals surface area contributed by atoms with Gasteiger partial charge in [0.1, 0.15) is 40.2 Å². The number of oxime groups is 1. The summed E-state index contributed by atoms with van der Waals surface area (Å²) in [4.78, 5) is 44.9. The first-order valence-electron chi connectivity index (χ1n) is 13.8. The fraction of sp³-hybridized carbons (Fsp3) is 0.536. The maximum atomic E-state index is 12.9. The second-order valence-corrected chi connectivity index (χ2v) is 12.9. The number of methoxy groups -OCH3 is 1. The van der Waals surface area contributed by atoms with Gasteiger partial charge in [-0.1, -0.05) is 16.8 Å². The number of hydrogen-bond acceptors (Lipinski definition) is 10. The molecule has 0 aromatic carbocycles. The van der Waals surface area contributed by atoms with Gasteiger partial charge in [-0.25, -0.2) is 19.6 Å². The first-order valence-corrected chi connectivity index (χ1v) is 15.0. The molecule has 0 unspecified atom stereocenters. The Kier molecular flexibility index (Phi) is 8.74. The second-order valence-electron chi connectivity index (χ2n) is 11.5. The molecule has 0 atom stereocenters. The van der Waals surface area contributed by atoms with E-state index in [9.17, 15) is 9.59 Å². The number of piperidine rings is 1. The summed E-state index contributed by atoms with van der Waals surface area (Å²) in [6.07, 6.45) is 6.90. The van der Waals surface area contributed by atoms with Crippen molar-refractivity contribution < 1.29 is 28.6 Å². The molecular formula is C28H35ClN6O6S. The van der Waals surface area contributed by atoms with Crippen molar-refractivity contribution in [1.82, 2.24) is 19.9 Å². The monoisotopic (exact) mass is 618 g/mol. The molecule has 1 aliphatic heterocycles. The Morgan fingerprint density at radius 2 is 1.98 bits per heavy atom. The van der Waals surface area contributed by atoms with Crippen LogP contribution in [0.4, 0.5) is 4.79 Å². The molecule has 2 aliphatic rings. The number of likely N-dealkylation sites (tertiary alicyclic amines) is 1. The average Bonchev–Trinajstić information content (AvgIpc) is 3.58. The van der Waals surface area contributed by atoms with Crippen LogP contribution < -0.4 is 5.73 Å². The first kappa shape index (κ1) is 30.2. The van der Waals surface area contributed by atoms with Crippen LogP contribution in [0.15, 0.2) is 23.6 Å². The molecule has 12 nitrogen and oxygen atoms in total. The van der Waals surface area contributed by atoms with E-state index < -0.39 is 17.2 Å². The van der Waals surface area contributed by atoms with Gasteiger partial charge in [-0.15, -0.1) is 11.3 Å². The maximum absolute atomic E-state index is 12.9. The quantitative estimate of drug-likeness (QED) is 0.111. The SMILES string of the molecule is COCOC1(c2ncc(-c3c(Cl)cnc4[nH]c(C(=O)O/N=C(\N)C5CCN(C(=O)OC(C)(C)C)CC5)cc34)s2)CCC1. The van der Waals surface area contributed by atoms with E-state index in [-0.39, 0.29) is 30.3 Å². The average molecular weight is 619 g/mol. The van der Waals surface area contributed by atoms with Crippen LogP contribution in [0.1, 0.15) is 68.4 Å². The predicted molar refractivity (Wildman–Crippen MR) is 158 cm³/mol. The van der Waals surface area contributed by atoms with Crippen molar-refractivity contribution in [3.05, 3.63) is 34.2 Å². The number of aromatic nitrogens is 3. The summed E-state index contributed by atoms with van der Waals surface area (Å²) >= 11 is 8.09. The summed E-state index contributed by atoms with van der Waals surface area (Å²) in [5, 5.41) is 5.84. The minimum atomic E-state index is -0.712. The van der Waals surface area contributed by atoms with E-state index in [1.165, 1.54) is 17.5 Å². The minimum Gasteiger partial charge on any atom is -0.444 e. The lowest BCUT2D eigenvalue weighted by molar-refractivity contribution is -0.171. The largest absolute Gasteiger partial charge is 0.444 e. The van der Waals surface area contributed by atoms with Crippen LogP contribution in [0.3, 0.4) is 0 Å². The summed E-state index contributed by atoms with van der Waals surface area (Å²) in [6, 6.07) is 1.64. The number of nitrogens with one attached hydrogen (secondary N) is 1. The van der Waals surface area contributed by atoms with Crippen LogP contribution >= 0.6 is 22.9 Å². The van der Waals surface area contributed by atoms with Gasteiger partial charge in [0.25, 0.3) is 0 Å². The fourth-order valence-electron chi connectivity index (χ4n) is 5.00. The van der Waals surface area contributed by atoms with E-state index in [2.05, 4.69) is 20.1 Å². The summed E-state index contributed by atoms with van der Waals surface area (Å²) in [7, 11) is 1.60. The molecule has 3 aromatic rings. The molecule has 1 saturated heterocycles. The van der Waals surface area contributed by atoms with Crippen molar-refractivity contribution in [2.45, 2.75) is 64.1 Å². The molecule has 1 aliphatic carbocycles. The van der Waals surface area contributed by atoms with Crippen molar-refractivity contribution in [2.24, 2.45) is 16.8 Å². The lowest BCUT2D eigenvalue weighted by atomic mass is 9.80. The van der Waals surface area contributed by atoms with Gasteiger partial charge in [0.15, 0.2) is 0 Å². The number of halogens is 1. The molecule has 3 N–H and O–H groups in total. The van der Waals surface area contributed by atoms with E-state index in [1.54, 1.807) is 24.3 Å². The maximum Gasteiger partial charge on any atom is 0.410 e. The number of fused-ring (bicyclic) bond motifs is 1. The lowest BCUT2D eigenvalue weighted by Crippen LogP contribution is -2.44. The van der Waals surface area contributed by atoms with Gasteiger partial charge in [-0.2, -0.15) is 0 Å². The fourth-order valence-corrected chi connectivity index (χ4v) is 6.50. The molecule has 1 amide bonds. The highest BCUT2D eigenvalue weighted by Gasteiger charge is 2.43. The lowest BCUT2D eigenvalue weighted by Gasteiger charge is -2.39. The number of nitrogens with zero attached hydrogens (tertiary/aromatic N) is 4.